The van der Waals surface area contributed by atoms with Crippen LogP contribution in [0.1, 0.15) is 45.2 Å². The first kappa shape index (κ1) is 15.5. The van der Waals surface area contributed by atoms with E-state index in [1.165, 1.54) is 0 Å². The molecule has 1 aliphatic rings. The number of amides is 1. The number of aryl methyl sites for hydroxylation is 1. The topological polar surface area (TPSA) is 46.6 Å². The van der Waals surface area contributed by atoms with Crippen molar-refractivity contribution in [3.8, 4) is 0 Å². The second kappa shape index (κ2) is 5.88. The van der Waals surface area contributed by atoms with Crippen LogP contribution in [0.15, 0.2) is 18.2 Å². The fraction of sp³-hybridized carbons (Fsp3) is 0.529. The van der Waals surface area contributed by atoms with E-state index in [-0.39, 0.29) is 11.9 Å². The van der Waals surface area contributed by atoms with Gasteiger partial charge in [0.05, 0.1) is 5.69 Å². The number of Topliss-reactive ketones (excluding diaryl/α,β-unsaturated/α-hetero) is 1. The van der Waals surface area contributed by atoms with Gasteiger partial charge in [-0.05, 0) is 57.7 Å². The molecular weight excluding hydrogens is 266 g/mol. The van der Waals surface area contributed by atoms with Gasteiger partial charge in [0.15, 0.2) is 0 Å². The van der Waals surface area contributed by atoms with E-state index in [0.29, 0.717) is 13.0 Å². The van der Waals surface area contributed by atoms with Crippen molar-refractivity contribution in [3.05, 3.63) is 29.3 Å². The Morgan fingerprint density at radius 3 is 2.62 bits per heavy atom. The Kier molecular flexibility index (Phi) is 4.35. The third-order valence-electron chi connectivity index (χ3n) is 3.33. The molecule has 1 aromatic rings. The van der Waals surface area contributed by atoms with Crippen LogP contribution in [-0.2, 0) is 22.4 Å². The second-order valence-electron chi connectivity index (χ2n) is 6.58. The summed E-state index contributed by atoms with van der Waals surface area (Å²) in [7, 11) is 0. The summed E-state index contributed by atoms with van der Waals surface area (Å²) in [5.41, 5.74) is 2.53. The Morgan fingerprint density at radius 2 is 2.00 bits per heavy atom. The third-order valence-corrected chi connectivity index (χ3v) is 3.33. The molecular formula is C17H23NO3. The maximum Gasteiger partial charge on any atom is 0.414 e. The van der Waals surface area contributed by atoms with E-state index < -0.39 is 5.60 Å². The minimum absolute atomic E-state index is 0.148. The molecule has 1 aromatic carbocycles. The molecule has 1 amide bonds. The van der Waals surface area contributed by atoms with Gasteiger partial charge in [0.1, 0.15) is 11.4 Å². The van der Waals surface area contributed by atoms with Crippen molar-refractivity contribution >= 4 is 17.6 Å². The highest BCUT2D eigenvalue weighted by molar-refractivity contribution is 5.89. The van der Waals surface area contributed by atoms with Crippen molar-refractivity contribution in [1.29, 1.82) is 0 Å². The molecule has 0 unspecified atom stereocenters. The van der Waals surface area contributed by atoms with Crippen LogP contribution in [0.25, 0.3) is 0 Å². The summed E-state index contributed by atoms with van der Waals surface area (Å²) in [6.07, 6.45) is 1.98. The van der Waals surface area contributed by atoms with E-state index in [1.807, 2.05) is 39.0 Å². The number of ether oxygens (including phenoxy) is 1. The molecule has 2 rings (SSSR count). The number of carbonyl (C=O) groups is 2. The number of fused-ring (bicyclic) bond motifs is 1. The number of hydrogen-bond acceptors (Lipinski definition) is 3. The molecule has 1 aliphatic heterocycles. The van der Waals surface area contributed by atoms with Crippen LogP contribution in [0, 0.1) is 0 Å². The van der Waals surface area contributed by atoms with Crippen molar-refractivity contribution in [2.45, 2.75) is 52.6 Å². The normalized spacial score (nSPS) is 14.6. The number of hydrogen-bond donors (Lipinski definition) is 0. The zero-order valence-electron chi connectivity index (χ0n) is 13.2. The van der Waals surface area contributed by atoms with Crippen LogP contribution in [0.4, 0.5) is 10.5 Å². The smallest absolute Gasteiger partial charge is 0.414 e. The maximum absolute atomic E-state index is 12.3. The molecule has 0 bridgehead atoms. The Balaban J connectivity index is 2.23. The fourth-order valence-corrected chi connectivity index (χ4v) is 2.55. The van der Waals surface area contributed by atoms with Crippen molar-refractivity contribution in [2.75, 3.05) is 11.4 Å². The summed E-state index contributed by atoms with van der Waals surface area (Å²) in [5, 5.41) is 0. The summed E-state index contributed by atoms with van der Waals surface area (Å²) >= 11 is 0. The molecule has 0 atom stereocenters. The van der Waals surface area contributed by atoms with Gasteiger partial charge in [-0.1, -0.05) is 12.1 Å². The lowest BCUT2D eigenvalue weighted by molar-refractivity contribution is -0.116. The standard InChI is InChI=1S/C17H23NO3/c1-12(19)10-13-7-8-15-14(11-13)6-5-9-18(15)16(20)21-17(2,3)4/h7-8,11H,5-6,9-10H2,1-4H3. The molecule has 0 saturated heterocycles. The van der Waals surface area contributed by atoms with Crippen LogP contribution in [0.5, 0.6) is 0 Å². The lowest BCUT2D eigenvalue weighted by atomic mass is 9.98. The molecule has 0 N–H and O–H groups in total. The van der Waals surface area contributed by atoms with Crippen molar-refractivity contribution in [3.63, 3.8) is 0 Å². The summed E-state index contributed by atoms with van der Waals surface area (Å²) in [6, 6.07) is 5.88. The van der Waals surface area contributed by atoms with Gasteiger partial charge in [0.2, 0.25) is 0 Å². The van der Waals surface area contributed by atoms with Crippen molar-refractivity contribution in [1.82, 2.24) is 0 Å². The Bertz CT molecular complexity index is 558. The summed E-state index contributed by atoms with van der Waals surface area (Å²) in [6.45, 7) is 7.86. The Labute approximate surface area is 126 Å². The van der Waals surface area contributed by atoms with E-state index in [4.69, 9.17) is 4.74 Å². The summed E-state index contributed by atoms with van der Waals surface area (Å²) in [5.74, 6) is 0.148. The number of ketones is 1. The zero-order chi connectivity index (χ0) is 15.6. The second-order valence-corrected chi connectivity index (χ2v) is 6.58. The highest BCUT2D eigenvalue weighted by Gasteiger charge is 2.27. The van der Waals surface area contributed by atoms with Gasteiger partial charge >= 0.3 is 6.09 Å². The van der Waals surface area contributed by atoms with Gasteiger partial charge in [-0.3, -0.25) is 9.69 Å². The van der Waals surface area contributed by atoms with E-state index in [0.717, 1.165) is 29.7 Å². The van der Waals surface area contributed by atoms with Crippen LogP contribution >= 0.6 is 0 Å². The molecule has 0 aliphatic carbocycles. The molecule has 1 heterocycles. The molecule has 4 heteroatoms. The first-order chi connectivity index (χ1) is 9.76. The van der Waals surface area contributed by atoms with E-state index in [2.05, 4.69) is 0 Å². The highest BCUT2D eigenvalue weighted by Crippen LogP contribution is 2.29. The lowest BCUT2D eigenvalue weighted by Crippen LogP contribution is -2.39. The number of benzene rings is 1. The minimum Gasteiger partial charge on any atom is -0.443 e. The number of nitrogens with zero attached hydrogens (tertiary/aromatic N) is 1. The van der Waals surface area contributed by atoms with Gasteiger partial charge in [0, 0.05) is 13.0 Å². The number of carbonyl (C=O) groups excluding carboxylic acids is 2. The van der Waals surface area contributed by atoms with Crippen LogP contribution < -0.4 is 4.90 Å². The Hall–Kier alpha value is -1.84. The number of rotatable bonds is 2. The molecule has 0 radical (unpaired) electrons. The van der Waals surface area contributed by atoms with Crippen molar-refractivity contribution < 1.29 is 14.3 Å². The molecule has 0 spiro atoms. The first-order valence-electron chi connectivity index (χ1n) is 7.38. The first-order valence-corrected chi connectivity index (χ1v) is 7.38. The average molecular weight is 289 g/mol. The Morgan fingerprint density at radius 1 is 1.29 bits per heavy atom. The summed E-state index contributed by atoms with van der Waals surface area (Å²) < 4.78 is 5.46. The third kappa shape index (κ3) is 4.06. The lowest BCUT2D eigenvalue weighted by Gasteiger charge is -2.32. The van der Waals surface area contributed by atoms with Gasteiger partial charge in [-0.15, -0.1) is 0 Å². The monoisotopic (exact) mass is 289 g/mol. The van der Waals surface area contributed by atoms with E-state index >= 15 is 0 Å². The van der Waals surface area contributed by atoms with E-state index in [1.54, 1.807) is 11.8 Å². The van der Waals surface area contributed by atoms with E-state index in [9.17, 15) is 9.59 Å². The number of anilines is 1. The molecule has 0 aromatic heterocycles. The van der Waals surface area contributed by atoms with Gasteiger partial charge in [-0.25, -0.2) is 4.79 Å². The summed E-state index contributed by atoms with van der Waals surface area (Å²) in [4.78, 5) is 25.2. The molecule has 114 valence electrons. The minimum atomic E-state index is -0.497. The molecule has 0 fully saturated rings. The fourth-order valence-electron chi connectivity index (χ4n) is 2.55. The highest BCUT2D eigenvalue weighted by atomic mass is 16.6. The largest absolute Gasteiger partial charge is 0.443 e. The van der Waals surface area contributed by atoms with Gasteiger partial charge in [0.25, 0.3) is 0 Å². The molecule has 21 heavy (non-hydrogen) atoms. The SMILES string of the molecule is CC(=O)Cc1ccc2c(c1)CCCN2C(=O)OC(C)(C)C. The van der Waals surface area contributed by atoms with Gasteiger partial charge < -0.3 is 4.74 Å². The predicted octanol–water partition coefficient (Wildman–Crippen LogP) is 3.51. The van der Waals surface area contributed by atoms with Crippen LogP contribution in [-0.4, -0.2) is 24.0 Å². The van der Waals surface area contributed by atoms with Crippen molar-refractivity contribution in [2.24, 2.45) is 0 Å². The van der Waals surface area contributed by atoms with Crippen LogP contribution in [0.2, 0.25) is 0 Å². The molecule has 0 saturated carbocycles. The quantitative estimate of drug-likeness (QED) is 0.837. The zero-order valence-corrected chi connectivity index (χ0v) is 13.2. The molecule has 4 nitrogen and oxygen atoms in total. The maximum atomic E-state index is 12.3. The predicted molar refractivity (Wildman–Crippen MR) is 82.7 cm³/mol. The van der Waals surface area contributed by atoms with Crippen LogP contribution in [0.3, 0.4) is 0 Å². The average Bonchev–Trinajstić information content (AvgIpc) is 2.34. The van der Waals surface area contributed by atoms with Gasteiger partial charge in [-0.2, -0.15) is 0 Å².